The van der Waals surface area contributed by atoms with Crippen molar-refractivity contribution in [3.8, 4) is 23.0 Å². The van der Waals surface area contributed by atoms with Gasteiger partial charge in [0.1, 0.15) is 32.5 Å². The number of carbonyl (C=O) groups is 1. The van der Waals surface area contributed by atoms with Crippen LogP contribution < -0.4 is 28.6 Å². The summed E-state index contributed by atoms with van der Waals surface area (Å²) in [4.78, 5) is 12.5. The van der Waals surface area contributed by atoms with Crippen molar-refractivity contribution in [1.82, 2.24) is 5.32 Å². The standard InChI is InChI=1S/C20H22N2O7S/c1-30(24,25)22(14-6-7-17-19(10-14)27-9-8-26-17)12-20(23)21-11-15-13-28-16-4-2-3-5-18(16)29-15/h2-7,10,15H,8-9,11-13H2,1H3,(H,21,23)/t15-/m1/s1. The van der Waals surface area contributed by atoms with E-state index in [1.165, 1.54) is 0 Å². The van der Waals surface area contributed by atoms with Crippen molar-refractivity contribution >= 4 is 21.6 Å². The lowest BCUT2D eigenvalue weighted by Gasteiger charge is -2.27. The van der Waals surface area contributed by atoms with E-state index in [1.807, 2.05) is 18.2 Å². The molecule has 1 amide bonds. The fourth-order valence-corrected chi connectivity index (χ4v) is 4.01. The second-order valence-corrected chi connectivity index (χ2v) is 8.81. The topological polar surface area (TPSA) is 103 Å². The van der Waals surface area contributed by atoms with E-state index in [0.29, 0.717) is 41.9 Å². The number of carbonyl (C=O) groups excluding carboxylic acids is 1. The van der Waals surface area contributed by atoms with Gasteiger partial charge in [0.2, 0.25) is 15.9 Å². The molecule has 2 aliphatic rings. The van der Waals surface area contributed by atoms with Gasteiger partial charge in [0.15, 0.2) is 23.0 Å². The van der Waals surface area contributed by atoms with Crippen LogP contribution >= 0.6 is 0 Å². The fourth-order valence-electron chi connectivity index (χ4n) is 3.16. The molecule has 160 valence electrons. The molecule has 10 heteroatoms. The summed E-state index contributed by atoms with van der Waals surface area (Å²) in [7, 11) is -3.70. The first kappa shape index (κ1) is 20.1. The Morgan fingerprint density at radius 3 is 2.50 bits per heavy atom. The second-order valence-electron chi connectivity index (χ2n) is 6.90. The molecule has 0 aliphatic carbocycles. The van der Waals surface area contributed by atoms with E-state index in [-0.39, 0.29) is 25.8 Å². The van der Waals surface area contributed by atoms with E-state index in [0.717, 1.165) is 10.6 Å². The number of rotatable bonds is 6. The summed E-state index contributed by atoms with van der Waals surface area (Å²) in [5, 5.41) is 2.71. The number of hydrogen-bond donors (Lipinski definition) is 1. The summed E-state index contributed by atoms with van der Waals surface area (Å²) >= 11 is 0. The predicted molar refractivity (Wildman–Crippen MR) is 109 cm³/mol. The normalized spacial score (nSPS) is 17.2. The zero-order chi connectivity index (χ0) is 21.1. The van der Waals surface area contributed by atoms with Crippen molar-refractivity contribution in [1.29, 1.82) is 0 Å². The monoisotopic (exact) mass is 434 g/mol. The Morgan fingerprint density at radius 1 is 1.03 bits per heavy atom. The Kier molecular flexibility index (Phi) is 5.58. The number of para-hydroxylation sites is 2. The van der Waals surface area contributed by atoms with Gasteiger partial charge in [0, 0.05) is 6.07 Å². The van der Waals surface area contributed by atoms with Crippen LogP contribution in [0.3, 0.4) is 0 Å². The Morgan fingerprint density at radius 2 is 1.73 bits per heavy atom. The quantitative estimate of drug-likeness (QED) is 0.728. The molecule has 1 atom stereocenters. The summed E-state index contributed by atoms with van der Waals surface area (Å²) in [6.07, 6.45) is 0.677. The SMILES string of the molecule is CS(=O)(=O)N(CC(=O)NC[C@@H]1COc2ccccc2O1)c1ccc2c(c1)OCCO2. The average molecular weight is 434 g/mol. The Labute approximate surface area is 174 Å². The molecule has 9 nitrogen and oxygen atoms in total. The first-order chi connectivity index (χ1) is 14.4. The summed E-state index contributed by atoms with van der Waals surface area (Å²) in [6.45, 7) is 0.911. The van der Waals surface area contributed by atoms with Crippen LogP contribution in [0.15, 0.2) is 42.5 Å². The van der Waals surface area contributed by atoms with Crippen LogP contribution in [0.5, 0.6) is 23.0 Å². The molecule has 0 bridgehead atoms. The van der Waals surface area contributed by atoms with Crippen LogP contribution in [0.1, 0.15) is 0 Å². The highest BCUT2D eigenvalue weighted by Crippen LogP contribution is 2.34. The van der Waals surface area contributed by atoms with Gasteiger partial charge in [-0.3, -0.25) is 9.10 Å². The number of ether oxygens (including phenoxy) is 4. The van der Waals surface area contributed by atoms with E-state index < -0.39 is 15.9 Å². The lowest BCUT2D eigenvalue weighted by atomic mass is 10.2. The highest BCUT2D eigenvalue weighted by atomic mass is 32.2. The average Bonchev–Trinajstić information content (AvgIpc) is 2.75. The summed E-state index contributed by atoms with van der Waals surface area (Å²) in [6, 6.07) is 12.0. The summed E-state index contributed by atoms with van der Waals surface area (Å²) in [5.41, 5.74) is 0.322. The minimum atomic E-state index is -3.70. The third-order valence-corrected chi connectivity index (χ3v) is 5.74. The largest absolute Gasteiger partial charge is 0.486 e. The minimum absolute atomic E-state index is 0.186. The second kappa shape index (κ2) is 8.31. The van der Waals surface area contributed by atoms with Gasteiger partial charge in [0.25, 0.3) is 0 Å². The van der Waals surface area contributed by atoms with Gasteiger partial charge in [-0.1, -0.05) is 12.1 Å². The third-order valence-electron chi connectivity index (χ3n) is 4.60. The highest BCUT2D eigenvalue weighted by Gasteiger charge is 2.25. The van der Waals surface area contributed by atoms with Gasteiger partial charge in [-0.05, 0) is 24.3 Å². The molecule has 2 aromatic carbocycles. The molecule has 0 spiro atoms. The smallest absolute Gasteiger partial charge is 0.240 e. The van der Waals surface area contributed by atoms with Crippen LogP contribution in [-0.4, -0.2) is 59.6 Å². The van der Waals surface area contributed by atoms with E-state index in [1.54, 1.807) is 24.3 Å². The maximum atomic E-state index is 12.5. The zero-order valence-electron chi connectivity index (χ0n) is 16.4. The number of hydrogen-bond acceptors (Lipinski definition) is 7. The van der Waals surface area contributed by atoms with Gasteiger partial charge < -0.3 is 24.3 Å². The van der Waals surface area contributed by atoms with Crippen LogP contribution in [-0.2, 0) is 14.8 Å². The molecule has 0 unspecified atom stereocenters. The molecule has 0 aromatic heterocycles. The Balaban J connectivity index is 1.40. The molecule has 0 radical (unpaired) electrons. The molecule has 0 fully saturated rings. The zero-order valence-corrected chi connectivity index (χ0v) is 17.2. The number of anilines is 1. The number of nitrogens with one attached hydrogen (secondary N) is 1. The number of benzene rings is 2. The fraction of sp³-hybridized carbons (Fsp3) is 0.350. The molecule has 30 heavy (non-hydrogen) atoms. The van der Waals surface area contributed by atoms with Crippen LogP contribution in [0.2, 0.25) is 0 Å². The van der Waals surface area contributed by atoms with E-state index >= 15 is 0 Å². The molecule has 4 rings (SSSR count). The van der Waals surface area contributed by atoms with E-state index in [9.17, 15) is 13.2 Å². The van der Waals surface area contributed by atoms with Crippen LogP contribution in [0.4, 0.5) is 5.69 Å². The molecule has 2 aliphatic heterocycles. The Hall–Kier alpha value is -3.14. The van der Waals surface area contributed by atoms with Crippen LogP contribution in [0, 0.1) is 0 Å². The van der Waals surface area contributed by atoms with E-state index in [4.69, 9.17) is 18.9 Å². The molecular weight excluding hydrogens is 412 g/mol. The lowest BCUT2D eigenvalue weighted by Crippen LogP contribution is -2.45. The first-order valence-corrected chi connectivity index (χ1v) is 11.3. The van der Waals surface area contributed by atoms with Crippen molar-refractivity contribution in [3.63, 3.8) is 0 Å². The molecule has 2 aromatic rings. The first-order valence-electron chi connectivity index (χ1n) is 9.43. The third kappa shape index (κ3) is 4.54. The van der Waals surface area contributed by atoms with Crippen molar-refractivity contribution in [2.45, 2.75) is 6.10 Å². The van der Waals surface area contributed by atoms with Gasteiger partial charge in [-0.15, -0.1) is 0 Å². The summed E-state index contributed by atoms with van der Waals surface area (Å²) in [5.74, 6) is 1.79. The van der Waals surface area contributed by atoms with E-state index in [2.05, 4.69) is 5.32 Å². The number of fused-ring (bicyclic) bond motifs is 2. The maximum Gasteiger partial charge on any atom is 0.240 e. The molecular formula is C20H22N2O7S. The van der Waals surface area contributed by atoms with Crippen molar-refractivity contribution in [3.05, 3.63) is 42.5 Å². The van der Waals surface area contributed by atoms with Gasteiger partial charge in [0.05, 0.1) is 18.5 Å². The van der Waals surface area contributed by atoms with Crippen LogP contribution in [0.25, 0.3) is 0 Å². The Bertz CT molecular complexity index is 1040. The number of amides is 1. The minimum Gasteiger partial charge on any atom is -0.486 e. The highest BCUT2D eigenvalue weighted by molar-refractivity contribution is 7.92. The van der Waals surface area contributed by atoms with Crippen molar-refractivity contribution in [2.75, 3.05) is 43.5 Å². The number of sulfonamides is 1. The molecule has 0 saturated heterocycles. The molecule has 0 saturated carbocycles. The number of nitrogens with zero attached hydrogens (tertiary/aromatic N) is 1. The van der Waals surface area contributed by atoms with Crippen molar-refractivity contribution < 1.29 is 32.2 Å². The van der Waals surface area contributed by atoms with Gasteiger partial charge in [-0.25, -0.2) is 8.42 Å². The predicted octanol–water partition coefficient (Wildman–Crippen LogP) is 1.18. The molecule has 2 heterocycles. The van der Waals surface area contributed by atoms with Gasteiger partial charge >= 0.3 is 0 Å². The lowest BCUT2D eigenvalue weighted by molar-refractivity contribution is -0.120. The molecule has 1 N–H and O–H groups in total. The van der Waals surface area contributed by atoms with Gasteiger partial charge in [-0.2, -0.15) is 0 Å². The van der Waals surface area contributed by atoms with Crippen molar-refractivity contribution in [2.24, 2.45) is 0 Å². The summed E-state index contributed by atoms with van der Waals surface area (Å²) < 4.78 is 48.0. The maximum absolute atomic E-state index is 12.5.